The summed E-state index contributed by atoms with van der Waals surface area (Å²) in [5, 5.41) is 3.54. The first-order chi connectivity index (χ1) is 9.02. The highest BCUT2D eigenvalue weighted by Gasteiger charge is 2.31. The smallest absolute Gasteiger partial charge is 0.0957 e. The van der Waals surface area contributed by atoms with E-state index < -0.39 is 0 Å². The van der Waals surface area contributed by atoms with E-state index in [1.807, 2.05) is 11.3 Å². The van der Waals surface area contributed by atoms with Crippen molar-refractivity contribution in [1.82, 2.24) is 5.32 Å². The SMILES string of the molecule is CCCNCC1CCOC1c1ccc(C(C)(C)C)s1. The zero-order valence-corrected chi connectivity index (χ0v) is 13.5. The number of rotatable bonds is 5. The highest BCUT2D eigenvalue weighted by molar-refractivity contribution is 7.12. The third-order valence-electron chi connectivity index (χ3n) is 3.69. The fourth-order valence-electron chi connectivity index (χ4n) is 2.53. The summed E-state index contributed by atoms with van der Waals surface area (Å²) in [6, 6.07) is 4.55. The van der Waals surface area contributed by atoms with E-state index >= 15 is 0 Å². The van der Waals surface area contributed by atoms with Gasteiger partial charge in [-0.2, -0.15) is 0 Å². The van der Waals surface area contributed by atoms with Crippen LogP contribution in [0.25, 0.3) is 0 Å². The molecule has 1 saturated heterocycles. The largest absolute Gasteiger partial charge is 0.372 e. The Morgan fingerprint density at radius 2 is 2.16 bits per heavy atom. The Labute approximate surface area is 121 Å². The lowest BCUT2D eigenvalue weighted by atomic mass is 9.95. The molecule has 1 fully saturated rings. The molecule has 1 aliphatic rings. The predicted molar refractivity (Wildman–Crippen MR) is 83.0 cm³/mol. The van der Waals surface area contributed by atoms with Crippen LogP contribution in [0.4, 0.5) is 0 Å². The van der Waals surface area contributed by atoms with E-state index in [0.29, 0.717) is 12.0 Å². The van der Waals surface area contributed by atoms with Crippen molar-refractivity contribution < 1.29 is 4.74 Å². The Morgan fingerprint density at radius 1 is 1.37 bits per heavy atom. The van der Waals surface area contributed by atoms with Crippen molar-refractivity contribution in [3.8, 4) is 0 Å². The Hall–Kier alpha value is -0.380. The van der Waals surface area contributed by atoms with Gasteiger partial charge in [0.15, 0.2) is 0 Å². The molecule has 1 N–H and O–H groups in total. The summed E-state index contributed by atoms with van der Waals surface area (Å²) < 4.78 is 5.98. The molecule has 2 rings (SSSR count). The monoisotopic (exact) mass is 281 g/mol. The maximum Gasteiger partial charge on any atom is 0.0957 e. The average Bonchev–Trinajstić information content (AvgIpc) is 2.95. The van der Waals surface area contributed by atoms with Crippen molar-refractivity contribution in [2.45, 2.75) is 52.1 Å². The van der Waals surface area contributed by atoms with Crippen LogP contribution in [0.1, 0.15) is 56.4 Å². The highest BCUT2D eigenvalue weighted by atomic mass is 32.1. The van der Waals surface area contributed by atoms with E-state index in [2.05, 4.69) is 45.1 Å². The van der Waals surface area contributed by atoms with Gasteiger partial charge in [-0.15, -0.1) is 11.3 Å². The fraction of sp³-hybridized carbons (Fsp3) is 0.750. The van der Waals surface area contributed by atoms with Crippen LogP contribution in [0.2, 0.25) is 0 Å². The molecule has 2 nitrogen and oxygen atoms in total. The zero-order valence-electron chi connectivity index (χ0n) is 12.7. The maximum atomic E-state index is 5.98. The van der Waals surface area contributed by atoms with E-state index in [0.717, 1.165) is 19.7 Å². The summed E-state index contributed by atoms with van der Waals surface area (Å²) in [5.74, 6) is 0.637. The molecule has 0 amide bonds. The molecule has 0 saturated carbocycles. The molecule has 1 aliphatic heterocycles. The van der Waals surface area contributed by atoms with Crippen molar-refractivity contribution in [3.05, 3.63) is 21.9 Å². The molecular weight excluding hydrogens is 254 g/mol. The lowest BCUT2D eigenvalue weighted by molar-refractivity contribution is 0.0934. The second-order valence-corrected chi connectivity index (χ2v) is 7.61. The van der Waals surface area contributed by atoms with Gasteiger partial charge < -0.3 is 10.1 Å². The lowest BCUT2D eigenvalue weighted by Crippen LogP contribution is -2.25. The molecule has 0 aromatic carbocycles. The Morgan fingerprint density at radius 3 is 2.79 bits per heavy atom. The van der Waals surface area contributed by atoms with Crippen LogP contribution in [0, 0.1) is 5.92 Å². The van der Waals surface area contributed by atoms with Crippen molar-refractivity contribution in [2.75, 3.05) is 19.7 Å². The summed E-state index contributed by atoms with van der Waals surface area (Å²) in [6.07, 6.45) is 2.70. The maximum absolute atomic E-state index is 5.98. The predicted octanol–water partition coefficient (Wildman–Crippen LogP) is 4.12. The van der Waals surface area contributed by atoms with Gasteiger partial charge in [-0.1, -0.05) is 27.7 Å². The topological polar surface area (TPSA) is 21.3 Å². The molecule has 0 radical (unpaired) electrons. The Bertz CT molecular complexity index is 394. The Balaban J connectivity index is 2.01. The van der Waals surface area contributed by atoms with E-state index in [1.165, 1.54) is 22.6 Å². The molecule has 108 valence electrons. The van der Waals surface area contributed by atoms with Crippen LogP contribution in [0.15, 0.2) is 12.1 Å². The summed E-state index contributed by atoms with van der Waals surface area (Å²) in [6.45, 7) is 12.1. The number of thiophene rings is 1. The molecule has 2 heterocycles. The van der Waals surface area contributed by atoms with Crippen molar-refractivity contribution in [3.63, 3.8) is 0 Å². The van der Waals surface area contributed by atoms with Gasteiger partial charge in [0.05, 0.1) is 6.10 Å². The van der Waals surface area contributed by atoms with E-state index in [1.54, 1.807) is 0 Å². The quantitative estimate of drug-likeness (QED) is 0.820. The number of nitrogens with one attached hydrogen (secondary N) is 1. The third kappa shape index (κ3) is 3.80. The minimum atomic E-state index is 0.247. The summed E-state index contributed by atoms with van der Waals surface area (Å²) in [5.41, 5.74) is 0.247. The normalized spacial score (nSPS) is 24.0. The Kier molecular flexibility index (Phi) is 5.04. The van der Waals surface area contributed by atoms with Crippen molar-refractivity contribution in [1.29, 1.82) is 0 Å². The van der Waals surface area contributed by atoms with Gasteiger partial charge in [0.1, 0.15) is 0 Å². The van der Waals surface area contributed by atoms with Gasteiger partial charge in [-0.25, -0.2) is 0 Å². The zero-order chi connectivity index (χ0) is 13.9. The minimum absolute atomic E-state index is 0.247. The molecule has 0 aliphatic carbocycles. The molecule has 0 spiro atoms. The molecule has 1 aromatic heterocycles. The summed E-state index contributed by atoms with van der Waals surface area (Å²) in [4.78, 5) is 2.86. The number of hydrogen-bond donors (Lipinski definition) is 1. The fourth-order valence-corrected chi connectivity index (χ4v) is 3.74. The first-order valence-corrected chi connectivity index (χ1v) is 8.26. The molecule has 2 atom stereocenters. The highest BCUT2D eigenvalue weighted by Crippen LogP contribution is 2.40. The van der Waals surface area contributed by atoms with Crippen LogP contribution in [-0.4, -0.2) is 19.7 Å². The van der Waals surface area contributed by atoms with Crippen molar-refractivity contribution >= 4 is 11.3 Å². The van der Waals surface area contributed by atoms with E-state index in [-0.39, 0.29) is 5.41 Å². The van der Waals surface area contributed by atoms with Gasteiger partial charge in [0.2, 0.25) is 0 Å². The van der Waals surface area contributed by atoms with Crippen LogP contribution >= 0.6 is 11.3 Å². The molecular formula is C16H27NOS. The molecule has 0 bridgehead atoms. The van der Waals surface area contributed by atoms with Gasteiger partial charge in [-0.05, 0) is 36.9 Å². The molecule has 3 heteroatoms. The van der Waals surface area contributed by atoms with Crippen LogP contribution in [0.3, 0.4) is 0 Å². The second-order valence-electron chi connectivity index (χ2n) is 6.50. The van der Waals surface area contributed by atoms with E-state index in [9.17, 15) is 0 Å². The summed E-state index contributed by atoms with van der Waals surface area (Å²) in [7, 11) is 0. The minimum Gasteiger partial charge on any atom is -0.372 e. The first kappa shape index (κ1) is 15.0. The molecule has 2 unspecified atom stereocenters. The second kappa shape index (κ2) is 6.38. The van der Waals surface area contributed by atoms with Gasteiger partial charge >= 0.3 is 0 Å². The molecule has 1 aromatic rings. The molecule has 19 heavy (non-hydrogen) atoms. The van der Waals surface area contributed by atoms with Gasteiger partial charge in [-0.3, -0.25) is 0 Å². The number of ether oxygens (including phenoxy) is 1. The van der Waals surface area contributed by atoms with Crippen LogP contribution < -0.4 is 5.32 Å². The lowest BCUT2D eigenvalue weighted by Gasteiger charge is -2.19. The average molecular weight is 281 g/mol. The number of hydrogen-bond acceptors (Lipinski definition) is 3. The van der Waals surface area contributed by atoms with Gasteiger partial charge in [0.25, 0.3) is 0 Å². The van der Waals surface area contributed by atoms with Crippen LogP contribution in [-0.2, 0) is 10.2 Å². The first-order valence-electron chi connectivity index (χ1n) is 7.45. The standard InChI is InChI=1S/C16H27NOS/c1-5-9-17-11-12-8-10-18-15(12)13-6-7-14(19-13)16(2,3)4/h6-7,12,15,17H,5,8-11H2,1-4H3. The van der Waals surface area contributed by atoms with Gasteiger partial charge in [0, 0.05) is 28.8 Å². The third-order valence-corrected chi connectivity index (χ3v) is 5.27. The van der Waals surface area contributed by atoms with E-state index in [4.69, 9.17) is 4.74 Å². The van der Waals surface area contributed by atoms with Crippen molar-refractivity contribution in [2.24, 2.45) is 5.92 Å². The summed E-state index contributed by atoms with van der Waals surface area (Å²) >= 11 is 1.93. The van der Waals surface area contributed by atoms with Crippen LogP contribution in [0.5, 0.6) is 0 Å².